The van der Waals surface area contributed by atoms with Crippen molar-refractivity contribution in [1.29, 1.82) is 0 Å². The highest BCUT2D eigenvalue weighted by Crippen LogP contribution is 2.81. The number of carbonyl (C=O) groups excluding carboxylic acids is 2. The number of Topliss-reactive ketones (excluding diaryl/α,β-unsaturated/α-hetero) is 1. The molecule has 4 nitrogen and oxygen atoms in total. The van der Waals surface area contributed by atoms with E-state index in [9.17, 15) is 9.59 Å². The van der Waals surface area contributed by atoms with Gasteiger partial charge in [0.25, 0.3) is 6.47 Å². The third-order valence-corrected chi connectivity index (χ3v) is 15.7. The van der Waals surface area contributed by atoms with Gasteiger partial charge in [0.15, 0.2) is 0 Å². The summed E-state index contributed by atoms with van der Waals surface area (Å²) in [5, 5.41) is 0. The summed E-state index contributed by atoms with van der Waals surface area (Å²) >= 11 is 0. The Kier molecular flexibility index (Phi) is 6.06. The Morgan fingerprint density at radius 2 is 1.62 bits per heavy atom. The first-order chi connectivity index (χ1) is 19.7. The van der Waals surface area contributed by atoms with Crippen LogP contribution in [0.3, 0.4) is 0 Å². The van der Waals surface area contributed by atoms with Crippen LogP contribution in [0.15, 0.2) is 36.4 Å². The zero-order valence-corrected chi connectivity index (χ0v) is 27.1. The highest BCUT2D eigenvalue weighted by molar-refractivity contribution is 5.83. The monoisotopic (exact) mass is 572 g/mol. The highest BCUT2D eigenvalue weighted by Gasteiger charge is 2.78. The number of allylic oxidation sites excluding steroid dienone is 1. The van der Waals surface area contributed by atoms with Crippen molar-refractivity contribution >= 4 is 12.3 Å². The van der Waals surface area contributed by atoms with Gasteiger partial charge >= 0.3 is 0 Å². The molecule has 11 atom stereocenters. The van der Waals surface area contributed by atoms with Crippen molar-refractivity contribution in [2.75, 3.05) is 0 Å². The molecule has 5 aliphatic carbocycles. The van der Waals surface area contributed by atoms with Crippen LogP contribution in [0, 0.1) is 56.7 Å². The van der Waals surface area contributed by atoms with E-state index in [2.05, 4.69) is 60.3 Å². The van der Waals surface area contributed by atoms with Crippen LogP contribution in [0.5, 0.6) is 5.75 Å². The Morgan fingerprint density at radius 1 is 0.905 bits per heavy atom. The number of hydrogen-bond donors (Lipinski definition) is 0. The molecule has 0 amide bonds. The van der Waals surface area contributed by atoms with Crippen LogP contribution in [0.4, 0.5) is 0 Å². The van der Waals surface area contributed by atoms with E-state index < -0.39 is 0 Å². The Hall–Kier alpha value is -1.94. The third kappa shape index (κ3) is 3.24. The Labute approximate surface area is 253 Å². The summed E-state index contributed by atoms with van der Waals surface area (Å²) in [7, 11) is 0. The lowest BCUT2D eigenvalue weighted by molar-refractivity contribution is -0.236. The lowest BCUT2D eigenvalue weighted by Crippen LogP contribution is -2.67. The van der Waals surface area contributed by atoms with Gasteiger partial charge in [-0.2, -0.15) is 0 Å². The van der Waals surface area contributed by atoms with E-state index in [1.807, 2.05) is 19.1 Å². The van der Waals surface area contributed by atoms with Crippen LogP contribution in [0.2, 0.25) is 0 Å². The summed E-state index contributed by atoms with van der Waals surface area (Å²) < 4.78 is 11.9. The van der Waals surface area contributed by atoms with E-state index >= 15 is 0 Å². The average Bonchev–Trinajstić information content (AvgIpc) is 3.51. The summed E-state index contributed by atoms with van der Waals surface area (Å²) in [6, 6.07) is 8.05. The number of carbonyl (C=O) groups is 2. The van der Waals surface area contributed by atoms with Gasteiger partial charge in [0.1, 0.15) is 17.1 Å². The van der Waals surface area contributed by atoms with E-state index in [0.29, 0.717) is 47.6 Å². The first kappa shape index (κ1) is 28.8. The van der Waals surface area contributed by atoms with E-state index in [1.165, 1.54) is 43.2 Å². The fourth-order valence-corrected chi connectivity index (χ4v) is 13.6. The molecule has 4 heteroatoms. The second-order valence-electron chi connectivity index (χ2n) is 16.9. The SMILES string of the molecule is C=C(C)[C@@H]1CC[C@]2(C(C)=O)CC[C@]3(C)[C@H](CC[C@@H]4[C@@]5(C)C[C@@H]6O[C@]6(c6ccc(OC=O)cc6)C(C)(C)[C@@H]5CC[C@]43C)[C@@H]12. The topological polar surface area (TPSA) is 55.9 Å². The zero-order valence-electron chi connectivity index (χ0n) is 27.1. The highest BCUT2D eigenvalue weighted by atomic mass is 16.6. The molecule has 42 heavy (non-hydrogen) atoms. The van der Waals surface area contributed by atoms with Crippen LogP contribution in [0.25, 0.3) is 0 Å². The molecular weight excluding hydrogens is 520 g/mol. The van der Waals surface area contributed by atoms with Gasteiger partial charge in [0, 0.05) is 10.8 Å². The maximum Gasteiger partial charge on any atom is 0.298 e. The second kappa shape index (κ2) is 8.83. The molecule has 7 rings (SSSR count). The van der Waals surface area contributed by atoms with Gasteiger partial charge in [-0.25, -0.2) is 0 Å². The van der Waals surface area contributed by atoms with Crippen LogP contribution in [0.1, 0.15) is 112 Å². The summed E-state index contributed by atoms with van der Waals surface area (Å²) in [5.41, 5.74) is 2.83. The number of rotatable bonds is 5. The molecular formula is C38H52O4. The molecule has 1 saturated heterocycles. The largest absolute Gasteiger partial charge is 0.429 e. The quantitative estimate of drug-likeness (QED) is 0.201. The summed E-state index contributed by atoms with van der Waals surface area (Å²) in [6.45, 7) is 22.0. The maximum atomic E-state index is 13.4. The zero-order chi connectivity index (χ0) is 30.1. The van der Waals surface area contributed by atoms with Crippen LogP contribution in [-0.4, -0.2) is 18.4 Å². The minimum Gasteiger partial charge on any atom is -0.429 e. The predicted octanol–water partition coefficient (Wildman–Crippen LogP) is 8.67. The van der Waals surface area contributed by atoms with Crippen LogP contribution in [-0.2, 0) is 19.9 Å². The first-order valence-electron chi connectivity index (χ1n) is 16.8. The van der Waals surface area contributed by atoms with Gasteiger partial charge in [-0.1, -0.05) is 58.9 Å². The number of epoxide rings is 1. The Balaban J connectivity index is 1.24. The molecule has 0 unspecified atom stereocenters. The van der Waals surface area contributed by atoms with Gasteiger partial charge in [0.2, 0.25) is 0 Å². The summed E-state index contributed by atoms with van der Waals surface area (Å²) in [5.74, 6) is 3.80. The molecule has 0 radical (unpaired) electrons. The van der Waals surface area contributed by atoms with Gasteiger partial charge in [-0.15, -0.1) is 0 Å². The molecule has 0 bridgehead atoms. The normalized spacial score (nSPS) is 49.8. The van der Waals surface area contributed by atoms with Crippen molar-refractivity contribution in [2.45, 2.75) is 118 Å². The molecule has 0 N–H and O–H groups in total. The van der Waals surface area contributed by atoms with E-state index in [-0.39, 0.29) is 38.8 Å². The lowest BCUT2D eigenvalue weighted by atomic mass is 9.31. The number of fused-ring (bicyclic) bond motifs is 8. The smallest absolute Gasteiger partial charge is 0.298 e. The number of benzene rings is 1. The van der Waals surface area contributed by atoms with Crippen LogP contribution >= 0.6 is 0 Å². The molecule has 6 fully saturated rings. The van der Waals surface area contributed by atoms with E-state index in [4.69, 9.17) is 9.47 Å². The molecule has 1 aliphatic heterocycles. The molecule has 5 saturated carbocycles. The minimum absolute atomic E-state index is 0.0103. The molecule has 1 heterocycles. The lowest BCUT2D eigenvalue weighted by Gasteiger charge is -2.72. The molecule has 1 aromatic rings. The third-order valence-electron chi connectivity index (χ3n) is 15.7. The molecule has 228 valence electrons. The minimum atomic E-state index is -0.268. The van der Waals surface area contributed by atoms with Crippen molar-refractivity contribution in [3.63, 3.8) is 0 Å². The fourth-order valence-electron chi connectivity index (χ4n) is 13.6. The predicted molar refractivity (Wildman–Crippen MR) is 165 cm³/mol. The van der Waals surface area contributed by atoms with Crippen molar-refractivity contribution in [3.05, 3.63) is 42.0 Å². The van der Waals surface area contributed by atoms with Crippen molar-refractivity contribution in [2.24, 2.45) is 56.7 Å². The van der Waals surface area contributed by atoms with Crippen molar-refractivity contribution in [3.8, 4) is 5.75 Å². The fraction of sp³-hybridized carbons (Fsp3) is 0.737. The maximum absolute atomic E-state index is 13.4. The number of ketones is 1. The Bertz CT molecular complexity index is 1330. The molecule has 1 aromatic carbocycles. The first-order valence-corrected chi connectivity index (χ1v) is 16.8. The standard InChI is InChI=1S/C38H52O4/c1-23(2)27-15-18-37(24(3)40)20-19-35(7)28(32(27)37)13-14-30-34(6)21-31-38(42-31,25-9-11-26(12-10-25)41-22-39)33(4,5)29(34)16-17-36(30,35)8/h9-12,22,27-32H,1,13-21H2,2-8H3/t27-,28+,29-,30+,31-,32+,34-,35+,36+,37+,38-/m0/s1. The van der Waals surface area contributed by atoms with Gasteiger partial charge in [-0.3, -0.25) is 9.59 Å². The number of ether oxygens (including phenoxy) is 2. The van der Waals surface area contributed by atoms with Gasteiger partial charge < -0.3 is 9.47 Å². The molecule has 0 aromatic heterocycles. The molecule has 0 spiro atoms. The van der Waals surface area contributed by atoms with E-state index in [1.54, 1.807) is 0 Å². The Morgan fingerprint density at radius 3 is 2.26 bits per heavy atom. The average molecular weight is 573 g/mol. The molecule has 6 aliphatic rings. The number of hydrogen-bond acceptors (Lipinski definition) is 4. The van der Waals surface area contributed by atoms with Gasteiger partial charge in [-0.05, 0) is 135 Å². The summed E-state index contributed by atoms with van der Waals surface area (Å²) in [6.07, 6.45) is 10.8. The van der Waals surface area contributed by atoms with Crippen molar-refractivity contribution < 1.29 is 19.1 Å². The second-order valence-corrected chi connectivity index (χ2v) is 16.9. The van der Waals surface area contributed by atoms with Crippen LogP contribution < -0.4 is 4.74 Å². The van der Waals surface area contributed by atoms with Crippen molar-refractivity contribution in [1.82, 2.24) is 0 Å². The summed E-state index contributed by atoms with van der Waals surface area (Å²) in [4.78, 5) is 24.3. The van der Waals surface area contributed by atoms with E-state index in [0.717, 1.165) is 25.7 Å². The van der Waals surface area contributed by atoms with Gasteiger partial charge in [0.05, 0.1) is 6.10 Å².